The first-order chi connectivity index (χ1) is 7.15. The van der Waals surface area contributed by atoms with Crippen LogP contribution >= 0.6 is 0 Å². The van der Waals surface area contributed by atoms with Gasteiger partial charge in [0.2, 0.25) is 0 Å². The summed E-state index contributed by atoms with van der Waals surface area (Å²) in [4.78, 5) is 0. The first-order valence-corrected chi connectivity index (χ1v) is 4.88. The van der Waals surface area contributed by atoms with Gasteiger partial charge in [-0.15, -0.1) is 0 Å². The number of ether oxygens (including phenoxy) is 1. The van der Waals surface area contributed by atoms with Crippen molar-refractivity contribution in [2.75, 3.05) is 6.61 Å². The lowest BCUT2D eigenvalue weighted by Gasteiger charge is -2.16. The van der Waals surface area contributed by atoms with Crippen LogP contribution in [0.4, 0.5) is 0 Å². The van der Waals surface area contributed by atoms with Gasteiger partial charge < -0.3 is 19.4 Å². The predicted octanol–water partition coefficient (Wildman–Crippen LogP) is 1.13. The van der Waals surface area contributed by atoms with Gasteiger partial charge in [-0.1, -0.05) is 18.2 Å². The molecular formula is C10H15BO4. The van der Waals surface area contributed by atoms with E-state index in [1.165, 1.54) is 0 Å². The number of hydrogen-bond donors (Lipinski definition) is 2. The topological polar surface area (TPSA) is 58.9 Å². The molecule has 4 nitrogen and oxygen atoms in total. The number of benzene rings is 1. The van der Waals surface area contributed by atoms with Gasteiger partial charge in [0.05, 0.1) is 6.10 Å². The summed E-state index contributed by atoms with van der Waals surface area (Å²) < 4.78 is 10.3. The fourth-order valence-corrected chi connectivity index (χ4v) is 1.38. The maximum absolute atomic E-state index is 8.73. The van der Waals surface area contributed by atoms with Gasteiger partial charge in [0.1, 0.15) is 5.75 Å². The largest absolute Gasteiger partial charge is 0.707 e. The molecule has 0 amide bonds. The fourth-order valence-electron chi connectivity index (χ4n) is 1.38. The van der Waals surface area contributed by atoms with Crippen molar-refractivity contribution in [1.29, 1.82) is 0 Å². The molecular weight excluding hydrogens is 195 g/mol. The Morgan fingerprint density at radius 1 is 1.33 bits per heavy atom. The van der Waals surface area contributed by atoms with E-state index in [4.69, 9.17) is 19.4 Å². The molecule has 1 atom stereocenters. The van der Waals surface area contributed by atoms with E-state index in [0.717, 1.165) is 5.56 Å². The number of hydrogen-bond acceptors (Lipinski definition) is 4. The lowest BCUT2D eigenvalue weighted by Crippen LogP contribution is -2.21. The maximum atomic E-state index is 8.73. The quantitative estimate of drug-likeness (QED) is 0.715. The summed E-state index contributed by atoms with van der Waals surface area (Å²) in [5, 5.41) is 17.5. The molecule has 0 aliphatic carbocycles. The first-order valence-electron chi connectivity index (χ1n) is 4.88. The molecule has 5 heteroatoms. The van der Waals surface area contributed by atoms with Crippen molar-refractivity contribution in [2.45, 2.75) is 20.0 Å². The van der Waals surface area contributed by atoms with E-state index in [2.05, 4.69) is 0 Å². The van der Waals surface area contributed by atoms with Crippen LogP contribution in [0.3, 0.4) is 0 Å². The van der Waals surface area contributed by atoms with Gasteiger partial charge >= 0.3 is 7.32 Å². The van der Waals surface area contributed by atoms with Crippen LogP contribution in [-0.2, 0) is 4.74 Å². The molecule has 1 rings (SSSR count). The maximum Gasteiger partial charge on any atom is 0.707 e. The molecule has 0 aromatic heterocycles. The molecule has 0 aliphatic rings. The Bertz CT molecular complexity index is 303. The Morgan fingerprint density at radius 3 is 2.60 bits per heavy atom. The average molecular weight is 210 g/mol. The van der Waals surface area contributed by atoms with E-state index < -0.39 is 7.32 Å². The Labute approximate surface area is 89.6 Å². The van der Waals surface area contributed by atoms with Gasteiger partial charge in [-0.2, -0.15) is 0 Å². The highest BCUT2D eigenvalue weighted by molar-refractivity contribution is 6.33. The molecule has 1 aromatic rings. The van der Waals surface area contributed by atoms with Crippen molar-refractivity contribution < 1.29 is 19.4 Å². The van der Waals surface area contributed by atoms with Crippen molar-refractivity contribution >= 4 is 7.32 Å². The smallest absolute Gasteiger partial charge is 0.512 e. The Hall–Kier alpha value is -1.04. The third kappa shape index (κ3) is 3.55. The molecule has 0 saturated carbocycles. The zero-order valence-electron chi connectivity index (χ0n) is 8.88. The molecule has 0 heterocycles. The lowest BCUT2D eigenvalue weighted by molar-refractivity contribution is 0.0748. The highest BCUT2D eigenvalue weighted by Crippen LogP contribution is 2.27. The van der Waals surface area contributed by atoms with Crippen molar-refractivity contribution in [3.8, 4) is 5.75 Å². The second-order valence-electron chi connectivity index (χ2n) is 3.08. The zero-order chi connectivity index (χ0) is 11.3. The number of rotatable bonds is 5. The predicted molar refractivity (Wildman–Crippen MR) is 57.3 cm³/mol. The van der Waals surface area contributed by atoms with Gasteiger partial charge in [0.15, 0.2) is 0 Å². The summed E-state index contributed by atoms with van der Waals surface area (Å²) in [7, 11) is -1.81. The van der Waals surface area contributed by atoms with Gasteiger partial charge in [0.25, 0.3) is 0 Å². The number of para-hydroxylation sites is 1. The van der Waals surface area contributed by atoms with E-state index in [1.807, 2.05) is 26.0 Å². The Morgan fingerprint density at radius 2 is 2.00 bits per heavy atom. The van der Waals surface area contributed by atoms with E-state index in [9.17, 15) is 0 Å². The normalized spacial score (nSPS) is 12.3. The van der Waals surface area contributed by atoms with E-state index in [0.29, 0.717) is 12.4 Å². The van der Waals surface area contributed by atoms with Gasteiger partial charge in [0, 0.05) is 12.2 Å². The van der Waals surface area contributed by atoms with Crippen LogP contribution in [0.5, 0.6) is 5.75 Å². The molecule has 2 N–H and O–H groups in total. The molecule has 82 valence electrons. The highest BCUT2D eigenvalue weighted by Gasteiger charge is 2.16. The van der Waals surface area contributed by atoms with E-state index in [1.54, 1.807) is 12.1 Å². The minimum absolute atomic E-state index is 0.134. The zero-order valence-corrected chi connectivity index (χ0v) is 8.88. The lowest BCUT2D eigenvalue weighted by atomic mass is 10.1. The van der Waals surface area contributed by atoms with Gasteiger partial charge in [-0.3, -0.25) is 0 Å². The fraction of sp³-hybridized carbons (Fsp3) is 0.400. The standard InChI is InChI=1S/C10H15BO4/c1-3-14-8(2)9-6-4-5-7-10(9)15-11(12)13/h4-8,12-13H,3H2,1-2H3. The average Bonchev–Trinajstić information content (AvgIpc) is 2.18. The van der Waals surface area contributed by atoms with Crippen molar-refractivity contribution in [1.82, 2.24) is 0 Å². The monoisotopic (exact) mass is 210 g/mol. The molecule has 1 aromatic carbocycles. The molecule has 0 radical (unpaired) electrons. The van der Waals surface area contributed by atoms with Gasteiger partial charge in [-0.05, 0) is 19.9 Å². The summed E-state index contributed by atoms with van der Waals surface area (Å²) in [6, 6.07) is 7.11. The van der Waals surface area contributed by atoms with Crippen LogP contribution in [-0.4, -0.2) is 24.0 Å². The minimum Gasteiger partial charge on any atom is -0.512 e. The molecule has 0 saturated heterocycles. The SMILES string of the molecule is CCOC(C)c1ccccc1OB(O)O. The van der Waals surface area contributed by atoms with Crippen LogP contribution in [0.2, 0.25) is 0 Å². The van der Waals surface area contributed by atoms with Crippen molar-refractivity contribution in [3.05, 3.63) is 29.8 Å². The summed E-state index contributed by atoms with van der Waals surface area (Å²) >= 11 is 0. The molecule has 0 bridgehead atoms. The Balaban J connectivity index is 2.85. The van der Waals surface area contributed by atoms with Crippen molar-refractivity contribution in [2.24, 2.45) is 0 Å². The van der Waals surface area contributed by atoms with E-state index >= 15 is 0 Å². The van der Waals surface area contributed by atoms with E-state index in [-0.39, 0.29) is 6.10 Å². The summed E-state index contributed by atoms with van der Waals surface area (Å²) in [6.45, 7) is 4.38. The molecule has 15 heavy (non-hydrogen) atoms. The molecule has 0 fully saturated rings. The first kappa shape index (κ1) is 12.0. The Kier molecular flexibility index (Phi) is 4.61. The van der Waals surface area contributed by atoms with Crippen LogP contribution in [0.15, 0.2) is 24.3 Å². The molecule has 0 spiro atoms. The van der Waals surface area contributed by atoms with Gasteiger partial charge in [-0.25, -0.2) is 0 Å². The second kappa shape index (κ2) is 5.75. The molecule has 0 aliphatic heterocycles. The highest BCUT2D eigenvalue weighted by atomic mass is 16.6. The van der Waals surface area contributed by atoms with Crippen molar-refractivity contribution in [3.63, 3.8) is 0 Å². The van der Waals surface area contributed by atoms with Crippen LogP contribution < -0.4 is 4.65 Å². The second-order valence-corrected chi connectivity index (χ2v) is 3.08. The van der Waals surface area contributed by atoms with Crippen LogP contribution in [0.1, 0.15) is 25.5 Å². The third-order valence-corrected chi connectivity index (χ3v) is 2.01. The van der Waals surface area contributed by atoms with Crippen LogP contribution in [0.25, 0.3) is 0 Å². The summed E-state index contributed by atoms with van der Waals surface area (Å²) in [6.07, 6.45) is -0.134. The summed E-state index contributed by atoms with van der Waals surface area (Å²) in [5.41, 5.74) is 0.799. The molecule has 1 unspecified atom stereocenters. The third-order valence-electron chi connectivity index (χ3n) is 2.01. The minimum atomic E-state index is -1.81. The summed E-state index contributed by atoms with van der Waals surface area (Å²) in [5.74, 6) is 0.424. The van der Waals surface area contributed by atoms with Crippen LogP contribution in [0, 0.1) is 0 Å².